The molecule has 2 N–H and O–H groups in total. The van der Waals surface area contributed by atoms with Crippen molar-refractivity contribution in [1.29, 1.82) is 0 Å². The van der Waals surface area contributed by atoms with Gasteiger partial charge in [0.05, 0.1) is 10.5 Å². The number of aryl methyl sites for hydroxylation is 1. The van der Waals surface area contributed by atoms with E-state index in [2.05, 4.69) is 9.88 Å². The van der Waals surface area contributed by atoms with Gasteiger partial charge in [0, 0.05) is 43.8 Å². The third kappa shape index (κ3) is 3.75. The second kappa shape index (κ2) is 5.56. The van der Waals surface area contributed by atoms with Crippen LogP contribution < -0.4 is 5.73 Å². The molecule has 0 aromatic carbocycles. The fraction of sp³-hybridized carbons (Fsp3) is 0.692. The highest BCUT2D eigenvalue weighted by molar-refractivity contribution is 7.11. The van der Waals surface area contributed by atoms with Gasteiger partial charge in [0.1, 0.15) is 0 Å². The first-order valence-electron chi connectivity index (χ1n) is 6.58. The fourth-order valence-electron chi connectivity index (χ4n) is 2.22. The average Bonchev–Trinajstić information content (AvgIpc) is 2.74. The van der Waals surface area contributed by atoms with Crippen LogP contribution in [0.25, 0.3) is 0 Å². The van der Waals surface area contributed by atoms with Crippen LogP contribution in [0.1, 0.15) is 23.7 Å². The zero-order valence-electron chi connectivity index (χ0n) is 11.8. The maximum absolute atomic E-state index is 12.1. The van der Waals surface area contributed by atoms with E-state index in [1.54, 1.807) is 25.2 Å². The van der Waals surface area contributed by atoms with Gasteiger partial charge in [-0.25, -0.2) is 4.98 Å². The number of hydrogen-bond donors (Lipinski definition) is 1. The molecule has 1 aliphatic rings. The summed E-state index contributed by atoms with van der Waals surface area (Å²) in [5.41, 5.74) is 5.09. The van der Waals surface area contributed by atoms with Crippen LogP contribution in [0.3, 0.4) is 0 Å². The topological polar surface area (TPSA) is 62.5 Å². The number of thiazole rings is 1. The SMILES string of the molecule is Cc1ncc(CN2CCN(C(=O)C(C)(C)N)CC2)s1. The third-order valence-electron chi connectivity index (χ3n) is 3.26. The first kappa shape index (κ1) is 14.4. The number of nitrogens with two attached hydrogens (primary N) is 1. The number of piperazine rings is 1. The minimum absolute atomic E-state index is 0.0424. The van der Waals surface area contributed by atoms with Gasteiger partial charge in [0.25, 0.3) is 0 Å². The molecule has 1 aromatic heterocycles. The zero-order valence-corrected chi connectivity index (χ0v) is 12.7. The largest absolute Gasteiger partial charge is 0.339 e. The van der Waals surface area contributed by atoms with Gasteiger partial charge in [-0.1, -0.05) is 0 Å². The number of aromatic nitrogens is 1. The Morgan fingerprint density at radius 2 is 2.05 bits per heavy atom. The summed E-state index contributed by atoms with van der Waals surface area (Å²) in [5.74, 6) is 0.0424. The first-order chi connectivity index (χ1) is 8.86. The molecular formula is C13H22N4OS. The molecular weight excluding hydrogens is 260 g/mol. The Hall–Kier alpha value is -0.980. The quantitative estimate of drug-likeness (QED) is 0.892. The third-order valence-corrected chi connectivity index (χ3v) is 4.16. The van der Waals surface area contributed by atoms with E-state index in [4.69, 9.17) is 5.73 Å². The van der Waals surface area contributed by atoms with Gasteiger partial charge in [-0.2, -0.15) is 0 Å². The van der Waals surface area contributed by atoms with Gasteiger partial charge in [-0.3, -0.25) is 9.69 Å². The monoisotopic (exact) mass is 282 g/mol. The van der Waals surface area contributed by atoms with E-state index in [0.717, 1.165) is 37.7 Å². The normalized spacial score (nSPS) is 17.8. The van der Waals surface area contributed by atoms with Gasteiger partial charge in [0.2, 0.25) is 5.91 Å². The molecule has 106 valence electrons. The lowest BCUT2D eigenvalue weighted by molar-refractivity contribution is -0.137. The lowest BCUT2D eigenvalue weighted by Crippen LogP contribution is -2.56. The molecule has 0 spiro atoms. The van der Waals surface area contributed by atoms with E-state index in [1.165, 1.54) is 4.88 Å². The minimum Gasteiger partial charge on any atom is -0.339 e. The van der Waals surface area contributed by atoms with Crippen LogP contribution in [-0.4, -0.2) is 52.4 Å². The number of hydrogen-bond acceptors (Lipinski definition) is 5. The van der Waals surface area contributed by atoms with Crippen LogP contribution in [0.5, 0.6) is 0 Å². The van der Waals surface area contributed by atoms with Gasteiger partial charge >= 0.3 is 0 Å². The van der Waals surface area contributed by atoms with Crippen molar-refractivity contribution in [2.75, 3.05) is 26.2 Å². The van der Waals surface area contributed by atoms with Gasteiger partial charge in [-0.05, 0) is 20.8 Å². The van der Waals surface area contributed by atoms with Crippen LogP contribution in [0.15, 0.2) is 6.20 Å². The molecule has 0 radical (unpaired) electrons. The van der Waals surface area contributed by atoms with Crippen LogP contribution in [0, 0.1) is 6.92 Å². The lowest BCUT2D eigenvalue weighted by Gasteiger charge is -2.37. The summed E-state index contributed by atoms with van der Waals surface area (Å²) in [4.78, 5) is 21.8. The second-order valence-corrected chi connectivity index (χ2v) is 6.95. The highest BCUT2D eigenvalue weighted by atomic mass is 32.1. The summed E-state index contributed by atoms with van der Waals surface area (Å²) in [6.45, 7) is 9.81. The second-order valence-electron chi connectivity index (χ2n) is 5.64. The van der Waals surface area contributed by atoms with Crippen LogP contribution >= 0.6 is 11.3 Å². The van der Waals surface area contributed by atoms with Crippen LogP contribution in [-0.2, 0) is 11.3 Å². The van der Waals surface area contributed by atoms with Gasteiger partial charge in [0.15, 0.2) is 0 Å². The molecule has 1 fully saturated rings. The molecule has 0 saturated carbocycles. The van der Waals surface area contributed by atoms with E-state index in [-0.39, 0.29) is 5.91 Å². The molecule has 0 atom stereocenters. The summed E-state index contributed by atoms with van der Waals surface area (Å²) >= 11 is 1.74. The van der Waals surface area contributed by atoms with Crippen molar-refractivity contribution in [1.82, 2.24) is 14.8 Å². The van der Waals surface area contributed by atoms with Gasteiger partial charge < -0.3 is 10.6 Å². The van der Waals surface area contributed by atoms with Crippen LogP contribution in [0.2, 0.25) is 0 Å². The molecule has 0 aliphatic carbocycles. The molecule has 1 aliphatic heterocycles. The van der Waals surface area contributed by atoms with Crippen molar-refractivity contribution >= 4 is 17.2 Å². The van der Waals surface area contributed by atoms with Crippen molar-refractivity contribution in [3.63, 3.8) is 0 Å². The van der Waals surface area contributed by atoms with Crippen LogP contribution in [0.4, 0.5) is 0 Å². The molecule has 2 rings (SSSR count). The highest BCUT2D eigenvalue weighted by Crippen LogP contribution is 2.16. The standard InChI is InChI=1S/C13H22N4OS/c1-10-15-8-11(19-10)9-16-4-6-17(7-5-16)12(18)13(2,3)14/h8H,4-7,9,14H2,1-3H3. The summed E-state index contributed by atoms with van der Waals surface area (Å²) in [5, 5.41) is 1.11. The molecule has 2 heterocycles. The molecule has 1 amide bonds. The molecule has 6 heteroatoms. The molecule has 5 nitrogen and oxygen atoms in total. The molecule has 0 unspecified atom stereocenters. The molecule has 1 aromatic rings. The smallest absolute Gasteiger partial charge is 0.242 e. The Balaban J connectivity index is 1.84. The Kier molecular flexibility index (Phi) is 4.23. The van der Waals surface area contributed by atoms with Crippen molar-refractivity contribution < 1.29 is 4.79 Å². The first-order valence-corrected chi connectivity index (χ1v) is 7.40. The molecule has 1 saturated heterocycles. The Morgan fingerprint density at radius 1 is 1.42 bits per heavy atom. The number of carbonyl (C=O) groups is 1. The van der Waals surface area contributed by atoms with Crippen molar-refractivity contribution in [3.05, 3.63) is 16.1 Å². The highest BCUT2D eigenvalue weighted by Gasteiger charge is 2.30. The van der Waals surface area contributed by atoms with E-state index >= 15 is 0 Å². The van der Waals surface area contributed by atoms with Crippen molar-refractivity contribution in [2.45, 2.75) is 32.9 Å². The Labute approximate surface area is 118 Å². The molecule has 0 bridgehead atoms. The Bertz CT molecular complexity index is 444. The van der Waals surface area contributed by atoms with E-state index in [1.807, 2.05) is 18.0 Å². The predicted molar refractivity (Wildman–Crippen MR) is 77.0 cm³/mol. The fourth-order valence-corrected chi connectivity index (χ4v) is 3.05. The van der Waals surface area contributed by atoms with Crippen molar-refractivity contribution in [2.24, 2.45) is 5.73 Å². The number of rotatable bonds is 3. The lowest BCUT2D eigenvalue weighted by atomic mass is 10.0. The van der Waals surface area contributed by atoms with E-state index in [9.17, 15) is 4.79 Å². The summed E-state index contributed by atoms with van der Waals surface area (Å²) in [6.07, 6.45) is 1.94. The average molecular weight is 282 g/mol. The van der Waals surface area contributed by atoms with E-state index < -0.39 is 5.54 Å². The number of amides is 1. The summed E-state index contributed by atoms with van der Waals surface area (Å²) < 4.78 is 0. The van der Waals surface area contributed by atoms with E-state index in [0.29, 0.717) is 0 Å². The van der Waals surface area contributed by atoms with Gasteiger partial charge in [-0.15, -0.1) is 11.3 Å². The number of nitrogens with zero attached hydrogens (tertiary/aromatic N) is 3. The number of carbonyl (C=O) groups excluding carboxylic acids is 1. The zero-order chi connectivity index (χ0) is 14.0. The summed E-state index contributed by atoms with van der Waals surface area (Å²) in [6, 6.07) is 0. The Morgan fingerprint density at radius 3 is 2.53 bits per heavy atom. The molecule has 19 heavy (non-hydrogen) atoms. The maximum atomic E-state index is 12.1. The minimum atomic E-state index is -0.767. The van der Waals surface area contributed by atoms with Crippen molar-refractivity contribution in [3.8, 4) is 0 Å². The predicted octanol–water partition coefficient (Wildman–Crippen LogP) is 0.833. The maximum Gasteiger partial charge on any atom is 0.242 e. The summed E-state index contributed by atoms with van der Waals surface area (Å²) in [7, 11) is 0.